The molecule has 0 aliphatic carbocycles. The highest BCUT2D eigenvalue weighted by atomic mass is 28.4. The Morgan fingerprint density at radius 1 is 0.900 bits per heavy atom. The highest BCUT2D eigenvalue weighted by Crippen LogP contribution is 2.42. The van der Waals surface area contributed by atoms with Gasteiger partial charge in [-0.25, -0.2) is 4.39 Å². The van der Waals surface area contributed by atoms with E-state index in [2.05, 4.69) is 41.5 Å². The molecule has 0 aliphatic heterocycles. The standard InChI is InChI=1S/C17H29FOSi/c1-13(2)20(14(3)4,15(5)6)19-12-11-16-7-9-17(18)10-8-16/h7-10,13-15H,11-12H2,1-6H3. The summed E-state index contributed by atoms with van der Waals surface area (Å²) in [5, 5.41) is 0. The lowest BCUT2D eigenvalue weighted by molar-refractivity contribution is 0.281. The summed E-state index contributed by atoms with van der Waals surface area (Å²) in [6, 6.07) is 6.74. The first-order valence-corrected chi connectivity index (χ1v) is 9.83. The predicted octanol–water partition coefficient (Wildman–Crippen LogP) is 5.56. The second-order valence-corrected chi connectivity index (χ2v) is 12.0. The van der Waals surface area contributed by atoms with Crippen LogP contribution in [-0.2, 0) is 10.8 Å². The topological polar surface area (TPSA) is 9.23 Å². The molecule has 1 rings (SSSR count). The van der Waals surface area contributed by atoms with Gasteiger partial charge < -0.3 is 4.43 Å². The van der Waals surface area contributed by atoms with Crippen molar-refractivity contribution in [1.29, 1.82) is 0 Å². The Kier molecular flexibility index (Phi) is 6.40. The normalized spacial score (nSPS) is 12.7. The summed E-state index contributed by atoms with van der Waals surface area (Å²) < 4.78 is 19.4. The van der Waals surface area contributed by atoms with Crippen molar-refractivity contribution < 1.29 is 8.82 Å². The molecule has 0 aromatic heterocycles. The van der Waals surface area contributed by atoms with Gasteiger partial charge in [-0.1, -0.05) is 53.7 Å². The molecule has 0 amide bonds. The van der Waals surface area contributed by atoms with Gasteiger partial charge in [0.25, 0.3) is 0 Å². The molecular formula is C17H29FOSi. The quantitative estimate of drug-likeness (QED) is 0.598. The maximum absolute atomic E-state index is 12.9. The van der Waals surface area contributed by atoms with E-state index in [1.165, 1.54) is 12.1 Å². The van der Waals surface area contributed by atoms with Crippen LogP contribution in [0.15, 0.2) is 24.3 Å². The molecule has 114 valence electrons. The van der Waals surface area contributed by atoms with Crippen LogP contribution in [0.2, 0.25) is 16.6 Å². The third kappa shape index (κ3) is 3.92. The molecule has 0 unspecified atom stereocenters. The van der Waals surface area contributed by atoms with Crippen LogP contribution in [0.25, 0.3) is 0 Å². The van der Waals surface area contributed by atoms with Gasteiger partial charge in [0.1, 0.15) is 5.82 Å². The largest absolute Gasteiger partial charge is 0.416 e. The van der Waals surface area contributed by atoms with Crippen LogP contribution < -0.4 is 0 Å². The highest BCUT2D eigenvalue weighted by molar-refractivity contribution is 6.77. The van der Waals surface area contributed by atoms with Crippen molar-refractivity contribution in [2.45, 2.75) is 64.6 Å². The second-order valence-electron chi connectivity index (χ2n) is 6.54. The summed E-state index contributed by atoms with van der Waals surface area (Å²) in [6.45, 7) is 14.5. The van der Waals surface area contributed by atoms with Crippen LogP contribution in [0.3, 0.4) is 0 Å². The van der Waals surface area contributed by atoms with Crippen molar-refractivity contribution in [3.8, 4) is 0 Å². The first kappa shape index (κ1) is 17.4. The molecule has 1 aromatic rings. The predicted molar refractivity (Wildman–Crippen MR) is 87.1 cm³/mol. The number of hydrogen-bond acceptors (Lipinski definition) is 1. The Labute approximate surface area is 124 Å². The lowest BCUT2D eigenvalue weighted by Crippen LogP contribution is -2.48. The van der Waals surface area contributed by atoms with Crippen molar-refractivity contribution in [2.75, 3.05) is 6.61 Å². The van der Waals surface area contributed by atoms with Gasteiger partial charge in [-0.3, -0.25) is 0 Å². The maximum atomic E-state index is 12.9. The summed E-state index contributed by atoms with van der Waals surface area (Å²) in [5.41, 5.74) is 2.97. The van der Waals surface area contributed by atoms with E-state index in [9.17, 15) is 4.39 Å². The average molecular weight is 297 g/mol. The van der Waals surface area contributed by atoms with Gasteiger partial charge in [0.05, 0.1) is 0 Å². The molecule has 3 heteroatoms. The van der Waals surface area contributed by atoms with Gasteiger partial charge in [0.15, 0.2) is 8.32 Å². The number of rotatable bonds is 7. The summed E-state index contributed by atoms with van der Waals surface area (Å²) in [7, 11) is -1.77. The first-order valence-electron chi connectivity index (χ1n) is 7.69. The molecule has 0 bridgehead atoms. The fourth-order valence-corrected chi connectivity index (χ4v) is 8.95. The monoisotopic (exact) mass is 296 g/mol. The van der Waals surface area contributed by atoms with Gasteiger partial charge >= 0.3 is 0 Å². The molecule has 0 spiro atoms. The van der Waals surface area contributed by atoms with E-state index < -0.39 is 8.32 Å². The van der Waals surface area contributed by atoms with Gasteiger partial charge in [-0.15, -0.1) is 0 Å². The summed E-state index contributed by atoms with van der Waals surface area (Å²) in [6.07, 6.45) is 0.862. The van der Waals surface area contributed by atoms with Gasteiger partial charge in [-0.2, -0.15) is 0 Å². The van der Waals surface area contributed by atoms with E-state index in [4.69, 9.17) is 4.43 Å². The molecule has 0 aliphatic rings. The van der Waals surface area contributed by atoms with E-state index in [0.29, 0.717) is 16.6 Å². The van der Waals surface area contributed by atoms with E-state index in [0.717, 1.165) is 18.6 Å². The van der Waals surface area contributed by atoms with Crippen LogP contribution in [0.1, 0.15) is 47.1 Å². The van der Waals surface area contributed by atoms with E-state index in [-0.39, 0.29) is 5.82 Å². The third-order valence-corrected chi connectivity index (χ3v) is 10.5. The SMILES string of the molecule is CC(C)[Si](OCCc1ccc(F)cc1)(C(C)C)C(C)C. The Morgan fingerprint density at radius 2 is 1.35 bits per heavy atom. The Bertz CT molecular complexity index is 376. The van der Waals surface area contributed by atoms with Crippen molar-refractivity contribution in [3.05, 3.63) is 35.6 Å². The summed E-state index contributed by atoms with van der Waals surface area (Å²) in [4.78, 5) is 0. The van der Waals surface area contributed by atoms with Gasteiger partial charge in [0, 0.05) is 6.61 Å². The minimum Gasteiger partial charge on any atom is -0.416 e. The molecule has 0 atom stereocenters. The molecule has 0 N–H and O–H groups in total. The lowest BCUT2D eigenvalue weighted by atomic mass is 10.2. The van der Waals surface area contributed by atoms with Gasteiger partial charge in [0.2, 0.25) is 0 Å². The number of hydrogen-bond donors (Lipinski definition) is 0. The van der Waals surface area contributed by atoms with Crippen molar-refractivity contribution in [1.82, 2.24) is 0 Å². The van der Waals surface area contributed by atoms with Crippen LogP contribution in [0.4, 0.5) is 4.39 Å². The molecule has 20 heavy (non-hydrogen) atoms. The smallest absolute Gasteiger partial charge is 0.200 e. The molecule has 0 radical (unpaired) electrons. The summed E-state index contributed by atoms with van der Waals surface area (Å²) in [5.74, 6) is -0.176. The Balaban J connectivity index is 2.70. The Morgan fingerprint density at radius 3 is 1.75 bits per heavy atom. The molecule has 0 heterocycles. The van der Waals surface area contributed by atoms with Crippen LogP contribution in [-0.4, -0.2) is 14.9 Å². The highest BCUT2D eigenvalue weighted by Gasteiger charge is 2.44. The first-order chi connectivity index (χ1) is 9.30. The third-order valence-electron chi connectivity index (χ3n) is 4.36. The van der Waals surface area contributed by atoms with E-state index >= 15 is 0 Å². The van der Waals surface area contributed by atoms with Gasteiger partial charge in [-0.05, 0) is 40.7 Å². The van der Waals surface area contributed by atoms with Crippen LogP contribution in [0, 0.1) is 5.82 Å². The van der Waals surface area contributed by atoms with Crippen molar-refractivity contribution >= 4 is 8.32 Å². The van der Waals surface area contributed by atoms with Crippen molar-refractivity contribution in [2.24, 2.45) is 0 Å². The maximum Gasteiger partial charge on any atom is 0.200 e. The molecular weight excluding hydrogens is 267 g/mol. The van der Waals surface area contributed by atoms with E-state index in [1.807, 2.05) is 12.1 Å². The number of benzene rings is 1. The van der Waals surface area contributed by atoms with Crippen LogP contribution in [0.5, 0.6) is 0 Å². The average Bonchev–Trinajstić information content (AvgIpc) is 2.35. The minimum atomic E-state index is -1.77. The zero-order valence-electron chi connectivity index (χ0n) is 13.7. The molecule has 1 nitrogen and oxygen atoms in total. The fourth-order valence-electron chi connectivity index (χ4n) is 3.50. The zero-order valence-corrected chi connectivity index (χ0v) is 14.7. The zero-order chi connectivity index (χ0) is 15.3. The molecule has 0 fully saturated rings. The van der Waals surface area contributed by atoms with Crippen molar-refractivity contribution in [3.63, 3.8) is 0 Å². The van der Waals surface area contributed by atoms with E-state index in [1.54, 1.807) is 0 Å². The fraction of sp³-hybridized carbons (Fsp3) is 0.647. The molecule has 0 saturated heterocycles. The second kappa shape index (κ2) is 7.37. The summed E-state index contributed by atoms with van der Waals surface area (Å²) >= 11 is 0. The number of halogens is 1. The van der Waals surface area contributed by atoms with Crippen LogP contribution >= 0.6 is 0 Å². The Hall–Kier alpha value is -0.673. The molecule has 0 saturated carbocycles. The lowest BCUT2D eigenvalue weighted by Gasteiger charge is -2.42. The molecule has 1 aromatic carbocycles. The minimum absolute atomic E-state index is 0.176.